The second-order valence-corrected chi connectivity index (χ2v) is 3.97. The van der Waals surface area contributed by atoms with Crippen molar-refractivity contribution >= 4 is 5.97 Å². The van der Waals surface area contributed by atoms with Crippen molar-refractivity contribution in [3.8, 4) is 0 Å². The molecule has 1 fully saturated rings. The minimum Gasteiger partial charge on any atom is -0.462 e. The fourth-order valence-electron chi connectivity index (χ4n) is 1.82. The van der Waals surface area contributed by atoms with Crippen molar-refractivity contribution in [2.24, 2.45) is 0 Å². The molecule has 4 nitrogen and oxygen atoms in total. The molecule has 1 aromatic heterocycles. The minimum atomic E-state index is -0.379. The molecule has 0 N–H and O–H groups in total. The summed E-state index contributed by atoms with van der Waals surface area (Å²) in [6, 6.07) is 1.68. The van der Waals surface area contributed by atoms with Crippen LogP contribution in [0.5, 0.6) is 0 Å². The number of carbonyl (C=O) groups excluding carboxylic acids is 1. The Labute approximate surface area is 94.6 Å². The molecule has 2 rings (SSSR count). The third-order valence-electron chi connectivity index (χ3n) is 2.89. The molecule has 0 bridgehead atoms. The molecule has 1 aliphatic rings. The van der Waals surface area contributed by atoms with Crippen LogP contribution >= 0.6 is 0 Å². The number of pyridine rings is 1. The third-order valence-corrected chi connectivity index (χ3v) is 2.89. The van der Waals surface area contributed by atoms with E-state index in [2.05, 4.69) is 4.98 Å². The minimum absolute atomic E-state index is 0.309. The summed E-state index contributed by atoms with van der Waals surface area (Å²) in [5.41, 5.74) is 0.995. The number of rotatable bonds is 3. The van der Waals surface area contributed by atoms with E-state index in [0.717, 1.165) is 18.6 Å². The van der Waals surface area contributed by atoms with Gasteiger partial charge in [0.05, 0.1) is 24.4 Å². The molecule has 0 aliphatic carbocycles. The molecule has 0 spiro atoms. The standard InChI is InChI=1S/C12H15NO3/c1-3-15-11(14)9-4-6-13-8-10(9)12(2)5-7-16-12/h4,6,8H,3,5,7H2,1-2H3. The van der Waals surface area contributed by atoms with Gasteiger partial charge in [-0.15, -0.1) is 0 Å². The van der Waals surface area contributed by atoms with E-state index in [1.807, 2.05) is 6.92 Å². The number of esters is 1. The fourth-order valence-corrected chi connectivity index (χ4v) is 1.82. The van der Waals surface area contributed by atoms with E-state index >= 15 is 0 Å². The summed E-state index contributed by atoms with van der Waals surface area (Å²) in [6.45, 7) is 4.86. The van der Waals surface area contributed by atoms with Gasteiger partial charge < -0.3 is 9.47 Å². The van der Waals surface area contributed by atoms with Gasteiger partial charge in [-0.1, -0.05) is 0 Å². The van der Waals surface area contributed by atoms with Crippen LogP contribution in [0.2, 0.25) is 0 Å². The molecule has 1 aromatic rings. The summed E-state index contributed by atoms with van der Waals surface area (Å²) in [5, 5.41) is 0. The molecule has 0 amide bonds. The normalized spacial score (nSPS) is 23.6. The Balaban J connectivity index is 2.34. The van der Waals surface area contributed by atoms with Gasteiger partial charge in [-0.3, -0.25) is 4.98 Å². The number of hydrogen-bond acceptors (Lipinski definition) is 4. The molecule has 2 heterocycles. The molecule has 0 saturated carbocycles. The first-order chi connectivity index (χ1) is 7.67. The molecule has 1 aliphatic heterocycles. The van der Waals surface area contributed by atoms with Crippen molar-refractivity contribution < 1.29 is 14.3 Å². The van der Waals surface area contributed by atoms with Crippen LogP contribution < -0.4 is 0 Å². The van der Waals surface area contributed by atoms with Gasteiger partial charge in [0.2, 0.25) is 0 Å². The van der Waals surface area contributed by atoms with Gasteiger partial charge >= 0.3 is 5.97 Å². The van der Waals surface area contributed by atoms with Crippen molar-refractivity contribution in [1.82, 2.24) is 4.98 Å². The number of carbonyl (C=O) groups is 1. The monoisotopic (exact) mass is 221 g/mol. The Morgan fingerprint density at radius 1 is 1.69 bits per heavy atom. The zero-order valence-corrected chi connectivity index (χ0v) is 9.53. The SMILES string of the molecule is CCOC(=O)c1ccncc1C1(C)CCO1. The predicted molar refractivity (Wildman–Crippen MR) is 58.1 cm³/mol. The number of nitrogens with zero attached hydrogens (tertiary/aromatic N) is 1. The fraction of sp³-hybridized carbons (Fsp3) is 0.500. The maximum absolute atomic E-state index is 11.7. The first-order valence-corrected chi connectivity index (χ1v) is 5.43. The van der Waals surface area contributed by atoms with Crippen molar-refractivity contribution in [1.29, 1.82) is 0 Å². The second-order valence-electron chi connectivity index (χ2n) is 3.97. The van der Waals surface area contributed by atoms with Crippen LogP contribution in [-0.2, 0) is 15.1 Å². The van der Waals surface area contributed by atoms with Gasteiger partial charge in [-0.2, -0.15) is 0 Å². The summed E-state index contributed by atoms with van der Waals surface area (Å²) in [5.74, 6) is -0.309. The summed E-state index contributed by atoms with van der Waals surface area (Å²) in [4.78, 5) is 15.8. The lowest BCUT2D eigenvalue weighted by Gasteiger charge is -2.39. The van der Waals surface area contributed by atoms with Gasteiger partial charge in [-0.05, 0) is 19.9 Å². The lowest BCUT2D eigenvalue weighted by Crippen LogP contribution is -2.39. The summed E-state index contributed by atoms with van der Waals surface area (Å²) in [6.07, 6.45) is 4.19. The van der Waals surface area contributed by atoms with Gasteiger partial charge in [-0.25, -0.2) is 4.79 Å². The highest BCUT2D eigenvalue weighted by Gasteiger charge is 2.38. The van der Waals surface area contributed by atoms with Crippen LogP contribution in [0.1, 0.15) is 36.2 Å². The zero-order valence-electron chi connectivity index (χ0n) is 9.53. The highest BCUT2D eigenvalue weighted by atomic mass is 16.5. The van der Waals surface area contributed by atoms with Crippen molar-refractivity contribution in [3.63, 3.8) is 0 Å². The van der Waals surface area contributed by atoms with Gasteiger partial charge in [0.25, 0.3) is 0 Å². The van der Waals surface area contributed by atoms with E-state index in [4.69, 9.17) is 9.47 Å². The Bertz CT molecular complexity index is 399. The third kappa shape index (κ3) is 1.80. The van der Waals surface area contributed by atoms with Crippen LogP contribution in [0.15, 0.2) is 18.5 Å². The van der Waals surface area contributed by atoms with Crippen molar-refractivity contribution in [2.45, 2.75) is 25.9 Å². The maximum atomic E-state index is 11.7. The first kappa shape index (κ1) is 11.1. The van der Waals surface area contributed by atoms with Gasteiger partial charge in [0, 0.05) is 24.4 Å². The van der Waals surface area contributed by atoms with Crippen molar-refractivity contribution in [2.75, 3.05) is 13.2 Å². The molecule has 86 valence electrons. The van der Waals surface area contributed by atoms with E-state index < -0.39 is 0 Å². The van der Waals surface area contributed by atoms with Crippen LogP contribution in [0, 0.1) is 0 Å². The van der Waals surface area contributed by atoms with E-state index in [9.17, 15) is 4.79 Å². The Morgan fingerprint density at radius 2 is 2.44 bits per heavy atom. The number of ether oxygens (including phenoxy) is 2. The molecule has 1 saturated heterocycles. The smallest absolute Gasteiger partial charge is 0.338 e. The Morgan fingerprint density at radius 3 is 3.00 bits per heavy atom. The van der Waals surface area contributed by atoms with Crippen LogP contribution in [-0.4, -0.2) is 24.2 Å². The van der Waals surface area contributed by atoms with Crippen LogP contribution in [0.3, 0.4) is 0 Å². The van der Waals surface area contributed by atoms with Crippen LogP contribution in [0.25, 0.3) is 0 Å². The molecule has 1 atom stereocenters. The Hall–Kier alpha value is -1.42. The van der Waals surface area contributed by atoms with Gasteiger partial charge in [0.15, 0.2) is 0 Å². The average Bonchev–Trinajstić information content (AvgIpc) is 2.26. The molecule has 0 aromatic carbocycles. The zero-order chi connectivity index (χ0) is 11.6. The lowest BCUT2D eigenvalue weighted by molar-refractivity contribution is -0.141. The summed E-state index contributed by atoms with van der Waals surface area (Å²) >= 11 is 0. The molecule has 16 heavy (non-hydrogen) atoms. The second kappa shape index (κ2) is 4.22. The lowest BCUT2D eigenvalue weighted by atomic mass is 9.86. The first-order valence-electron chi connectivity index (χ1n) is 5.43. The molecule has 0 radical (unpaired) electrons. The summed E-state index contributed by atoms with van der Waals surface area (Å²) in [7, 11) is 0. The highest BCUT2D eigenvalue weighted by molar-refractivity contribution is 5.91. The molecule has 4 heteroatoms. The molecular formula is C12H15NO3. The summed E-state index contributed by atoms with van der Waals surface area (Å²) < 4.78 is 10.5. The quantitative estimate of drug-likeness (QED) is 0.731. The predicted octanol–water partition coefficient (Wildman–Crippen LogP) is 1.89. The van der Waals surface area contributed by atoms with E-state index in [1.54, 1.807) is 25.4 Å². The molecule has 1 unspecified atom stereocenters. The van der Waals surface area contributed by atoms with E-state index in [-0.39, 0.29) is 11.6 Å². The topological polar surface area (TPSA) is 48.4 Å². The average molecular weight is 221 g/mol. The van der Waals surface area contributed by atoms with E-state index in [1.165, 1.54) is 0 Å². The largest absolute Gasteiger partial charge is 0.462 e. The Kier molecular flexibility index (Phi) is 2.92. The van der Waals surface area contributed by atoms with Crippen LogP contribution in [0.4, 0.5) is 0 Å². The van der Waals surface area contributed by atoms with Crippen molar-refractivity contribution in [3.05, 3.63) is 29.6 Å². The number of aromatic nitrogens is 1. The number of hydrogen-bond donors (Lipinski definition) is 0. The molecular weight excluding hydrogens is 206 g/mol. The highest BCUT2D eigenvalue weighted by Crippen LogP contribution is 2.38. The van der Waals surface area contributed by atoms with E-state index in [0.29, 0.717) is 12.2 Å². The van der Waals surface area contributed by atoms with Gasteiger partial charge in [0.1, 0.15) is 0 Å². The maximum Gasteiger partial charge on any atom is 0.338 e.